The summed E-state index contributed by atoms with van der Waals surface area (Å²) in [5, 5.41) is 4.55. The minimum absolute atomic E-state index is 0.249. The third kappa shape index (κ3) is 2.75. The van der Waals surface area contributed by atoms with Crippen molar-refractivity contribution in [3.05, 3.63) is 70.9 Å². The molecule has 0 N–H and O–H groups in total. The van der Waals surface area contributed by atoms with Gasteiger partial charge in [0.25, 0.3) is 0 Å². The van der Waals surface area contributed by atoms with E-state index in [1.54, 1.807) is 0 Å². The summed E-state index contributed by atoms with van der Waals surface area (Å²) in [5.41, 5.74) is 4.65. The molecule has 1 amide bonds. The smallest absolute Gasteiger partial charge is 0.243 e. The molecule has 0 bridgehead atoms. The molecule has 0 unspecified atom stereocenters. The molecule has 3 aliphatic rings. The molecule has 1 aromatic carbocycles. The molecule has 5 heterocycles. The number of aryl methyl sites for hydroxylation is 3. The number of amides is 1. The van der Waals surface area contributed by atoms with Gasteiger partial charge in [0.05, 0.1) is 12.2 Å². The van der Waals surface area contributed by atoms with Gasteiger partial charge < -0.3 is 9.32 Å². The van der Waals surface area contributed by atoms with Crippen LogP contribution < -0.4 is 0 Å². The van der Waals surface area contributed by atoms with Crippen molar-refractivity contribution < 1.29 is 9.21 Å². The monoisotopic (exact) mass is 430 g/mol. The molecular formula is C26H30N4O2. The number of hydrogen-bond acceptors (Lipinski definition) is 4. The van der Waals surface area contributed by atoms with Gasteiger partial charge in [0, 0.05) is 30.9 Å². The number of nitrogens with zero attached hydrogens (tertiary/aromatic N) is 4. The van der Waals surface area contributed by atoms with Crippen molar-refractivity contribution in [3.8, 4) is 5.69 Å². The highest BCUT2D eigenvalue weighted by molar-refractivity contribution is 5.90. The maximum atomic E-state index is 13.9. The van der Waals surface area contributed by atoms with Crippen LogP contribution >= 0.6 is 0 Å². The molecule has 3 saturated heterocycles. The van der Waals surface area contributed by atoms with Crippen LogP contribution in [-0.2, 0) is 11.3 Å². The lowest BCUT2D eigenvalue weighted by Crippen LogP contribution is -2.49. The van der Waals surface area contributed by atoms with Crippen molar-refractivity contribution in [3.63, 3.8) is 0 Å². The molecule has 0 aliphatic carbocycles. The zero-order chi connectivity index (χ0) is 22.0. The standard InChI is InChI=1S/C26H30N4O2/c1-17-12-18(2)24(23(13-17)30-11-5-9-27-30)22-14-20-15-28(16-21-7-6-19(3)32-21)25(31)26(20)8-4-10-29(22)26/h5-7,9,11-13,20,22H,4,8,10,14-16H2,1-3H3/t20-,22-,26-/m0/s1. The van der Waals surface area contributed by atoms with Crippen LogP contribution in [0.3, 0.4) is 0 Å². The predicted octanol–water partition coefficient (Wildman–Crippen LogP) is 4.33. The highest BCUT2D eigenvalue weighted by Crippen LogP contribution is 2.57. The second-order valence-corrected chi connectivity index (χ2v) is 9.83. The fraction of sp³-hybridized carbons (Fsp3) is 0.462. The lowest BCUT2D eigenvalue weighted by atomic mass is 9.85. The van der Waals surface area contributed by atoms with Gasteiger partial charge in [-0.05, 0) is 87.5 Å². The molecule has 3 atom stereocenters. The molecular weight excluding hydrogens is 400 g/mol. The molecule has 3 fully saturated rings. The molecule has 32 heavy (non-hydrogen) atoms. The van der Waals surface area contributed by atoms with Crippen LogP contribution in [-0.4, -0.2) is 44.1 Å². The molecule has 166 valence electrons. The summed E-state index contributed by atoms with van der Waals surface area (Å²) in [5.74, 6) is 2.42. The van der Waals surface area contributed by atoms with Crippen LogP contribution in [0.15, 0.2) is 47.1 Å². The molecule has 6 rings (SSSR count). The quantitative estimate of drug-likeness (QED) is 0.618. The van der Waals surface area contributed by atoms with E-state index in [1.807, 2.05) is 47.1 Å². The van der Waals surface area contributed by atoms with Gasteiger partial charge >= 0.3 is 0 Å². The minimum Gasteiger partial charge on any atom is -0.464 e. The number of likely N-dealkylation sites (tertiary alicyclic amines) is 1. The first-order chi connectivity index (χ1) is 15.5. The Labute approximate surface area is 188 Å². The van der Waals surface area contributed by atoms with Crippen molar-refractivity contribution in [1.29, 1.82) is 0 Å². The molecule has 0 saturated carbocycles. The van der Waals surface area contributed by atoms with E-state index < -0.39 is 0 Å². The van der Waals surface area contributed by atoms with Crippen LogP contribution in [0.2, 0.25) is 0 Å². The Balaban J connectivity index is 1.37. The van der Waals surface area contributed by atoms with Gasteiger partial charge in [-0.15, -0.1) is 0 Å². The van der Waals surface area contributed by atoms with Gasteiger partial charge in [0.2, 0.25) is 5.91 Å². The van der Waals surface area contributed by atoms with Crippen molar-refractivity contribution in [2.45, 2.75) is 58.2 Å². The Hall–Kier alpha value is -2.86. The van der Waals surface area contributed by atoms with Gasteiger partial charge in [-0.2, -0.15) is 5.10 Å². The fourth-order valence-corrected chi connectivity index (χ4v) is 6.74. The van der Waals surface area contributed by atoms with E-state index in [2.05, 4.69) is 36.0 Å². The molecule has 2 aromatic heterocycles. The Morgan fingerprint density at radius 2 is 2.09 bits per heavy atom. The van der Waals surface area contributed by atoms with Crippen LogP contribution in [0.25, 0.3) is 5.69 Å². The summed E-state index contributed by atoms with van der Waals surface area (Å²) in [6.07, 6.45) is 6.90. The number of benzene rings is 1. The van der Waals surface area contributed by atoms with Crippen molar-refractivity contribution >= 4 is 5.91 Å². The van der Waals surface area contributed by atoms with Crippen LogP contribution in [0.4, 0.5) is 0 Å². The van der Waals surface area contributed by atoms with Crippen LogP contribution in [0.5, 0.6) is 0 Å². The lowest BCUT2D eigenvalue weighted by molar-refractivity contribution is -0.137. The topological polar surface area (TPSA) is 54.5 Å². The number of hydrogen-bond donors (Lipinski definition) is 0. The van der Waals surface area contributed by atoms with E-state index in [-0.39, 0.29) is 11.6 Å². The van der Waals surface area contributed by atoms with Gasteiger partial charge in [-0.1, -0.05) is 6.07 Å². The number of furan rings is 1. The molecule has 6 nitrogen and oxygen atoms in total. The van der Waals surface area contributed by atoms with E-state index in [1.165, 1.54) is 16.7 Å². The zero-order valence-corrected chi connectivity index (χ0v) is 19.0. The molecule has 6 heteroatoms. The summed E-state index contributed by atoms with van der Waals surface area (Å²) in [6, 6.07) is 10.7. The lowest BCUT2D eigenvalue weighted by Gasteiger charge is -2.34. The highest BCUT2D eigenvalue weighted by atomic mass is 16.3. The molecule has 3 aromatic rings. The summed E-state index contributed by atoms with van der Waals surface area (Å²) >= 11 is 0. The number of aromatic nitrogens is 2. The number of carbonyl (C=O) groups excluding carboxylic acids is 1. The van der Waals surface area contributed by atoms with Gasteiger partial charge in [-0.3, -0.25) is 9.69 Å². The maximum absolute atomic E-state index is 13.9. The minimum atomic E-state index is -0.356. The third-order valence-electron chi connectivity index (χ3n) is 7.86. The summed E-state index contributed by atoms with van der Waals surface area (Å²) in [6.45, 7) is 8.67. The summed E-state index contributed by atoms with van der Waals surface area (Å²) in [7, 11) is 0. The van der Waals surface area contributed by atoms with E-state index in [4.69, 9.17) is 4.42 Å². The van der Waals surface area contributed by atoms with Crippen molar-refractivity contribution in [1.82, 2.24) is 19.6 Å². The van der Waals surface area contributed by atoms with Crippen LogP contribution in [0.1, 0.15) is 53.5 Å². The fourth-order valence-electron chi connectivity index (χ4n) is 6.74. The Morgan fingerprint density at radius 1 is 1.22 bits per heavy atom. The Bertz CT molecular complexity index is 1180. The zero-order valence-electron chi connectivity index (χ0n) is 19.0. The Kier molecular flexibility index (Phi) is 4.37. The third-order valence-corrected chi connectivity index (χ3v) is 7.86. The van der Waals surface area contributed by atoms with Gasteiger partial charge in [0.1, 0.15) is 17.1 Å². The first-order valence-corrected chi connectivity index (χ1v) is 11.7. The number of rotatable bonds is 4. The average molecular weight is 431 g/mol. The number of carbonyl (C=O) groups is 1. The second kappa shape index (κ2) is 7.07. The van der Waals surface area contributed by atoms with E-state index in [0.29, 0.717) is 18.4 Å². The van der Waals surface area contributed by atoms with Gasteiger partial charge in [0.15, 0.2) is 0 Å². The normalized spacial score (nSPS) is 27.3. The summed E-state index contributed by atoms with van der Waals surface area (Å²) in [4.78, 5) is 18.4. The maximum Gasteiger partial charge on any atom is 0.243 e. The van der Waals surface area contributed by atoms with E-state index >= 15 is 0 Å². The van der Waals surface area contributed by atoms with Crippen LogP contribution in [0, 0.1) is 26.7 Å². The Morgan fingerprint density at radius 3 is 2.84 bits per heavy atom. The van der Waals surface area contributed by atoms with Crippen molar-refractivity contribution in [2.24, 2.45) is 5.92 Å². The summed E-state index contributed by atoms with van der Waals surface area (Å²) < 4.78 is 7.77. The molecule has 0 radical (unpaired) electrons. The second-order valence-electron chi connectivity index (χ2n) is 9.83. The molecule has 1 spiro atoms. The van der Waals surface area contributed by atoms with Crippen molar-refractivity contribution in [2.75, 3.05) is 13.1 Å². The first kappa shape index (κ1) is 19.8. The first-order valence-electron chi connectivity index (χ1n) is 11.7. The largest absolute Gasteiger partial charge is 0.464 e. The SMILES string of the molecule is Cc1cc(C)c([C@@H]2C[C@H]3CN(Cc4ccc(C)o4)C(=O)[C@]34CCCN24)c(-n2cccn2)c1. The predicted molar refractivity (Wildman–Crippen MR) is 121 cm³/mol. The molecule has 3 aliphatic heterocycles. The van der Waals surface area contributed by atoms with Gasteiger partial charge in [-0.25, -0.2) is 4.68 Å². The average Bonchev–Trinajstić information content (AvgIpc) is 3.54. The van der Waals surface area contributed by atoms with E-state index in [9.17, 15) is 4.79 Å². The highest BCUT2D eigenvalue weighted by Gasteiger charge is 2.65. The van der Waals surface area contributed by atoms with E-state index in [0.717, 1.165) is 49.6 Å².